The van der Waals surface area contributed by atoms with Gasteiger partial charge in [-0.2, -0.15) is 4.31 Å². The van der Waals surface area contributed by atoms with E-state index in [0.717, 1.165) is 13.1 Å². The summed E-state index contributed by atoms with van der Waals surface area (Å²) in [6.07, 6.45) is 1.13. The monoisotopic (exact) mass is 443 g/mol. The van der Waals surface area contributed by atoms with Crippen LogP contribution in [0.25, 0.3) is 0 Å². The van der Waals surface area contributed by atoms with Crippen molar-refractivity contribution in [1.29, 1.82) is 0 Å². The third kappa shape index (κ3) is 4.70. The molecule has 7 nitrogen and oxygen atoms in total. The number of benzene rings is 2. The van der Waals surface area contributed by atoms with Crippen LogP contribution in [-0.4, -0.2) is 69.9 Å². The van der Waals surface area contributed by atoms with Gasteiger partial charge in [-0.3, -0.25) is 4.79 Å². The summed E-state index contributed by atoms with van der Waals surface area (Å²) in [4.78, 5) is 17.5. The molecule has 2 aromatic rings. The van der Waals surface area contributed by atoms with E-state index in [-0.39, 0.29) is 16.7 Å². The minimum atomic E-state index is -3.55. The number of hydrogen-bond acceptors (Lipinski definition) is 5. The van der Waals surface area contributed by atoms with Crippen LogP contribution in [0.2, 0.25) is 0 Å². The summed E-state index contributed by atoms with van der Waals surface area (Å²) in [5.41, 5.74) is 1.19. The van der Waals surface area contributed by atoms with Crippen LogP contribution >= 0.6 is 0 Å². The molecule has 0 radical (unpaired) electrons. The molecule has 0 saturated carbocycles. The highest BCUT2D eigenvalue weighted by molar-refractivity contribution is 7.89. The van der Waals surface area contributed by atoms with E-state index in [0.29, 0.717) is 44.8 Å². The maximum atomic E-state index is 13.0. The molecule has 166 valence electrons. The van der Waals surface area contributed by atoms with Crippen LogP contribution in [0.15, 0.2) is 59.5 Å². The minimum Gasteiger partial charge on any atom is -0.497 e. The minimum absolute atomic E-state index is 0.106. The highest BCUT2D eigenvalue weighted by Gasteiger charge is 2.34. The molecule has 2 aromatic carbocycles. The number of hydrogen-bond donors (Lipinski definition) is 0. The van der Waals surface area contributed by atoms with Gasteiger partial charge in [-0.1, -0.05) is 18.2 Å². The summed E-state index contributed by atoms with van der Waals surface area (Å²) in [6.45, 7) is 3.79. The largest absolute Gasteiger partial charge is 0.497 e. The van der Waals surface area contributed by atoms with Crippen molar-refractivity contribution in [2.24, 2.45) is 5.92 Å². The first-order chi connectivity index (χ1) is 15.0. The van der Waals surface area contributed by atoms with Gasteiger partial charge in [0.2, 0.25) is 15.9 Å². The van der Waals surface area contributed by atoms with E-state index in [2.05, 4.69) is 17.0 Å². The Kier molecular flexibility index (Phi) is 6.48. The number of carbonyl (C=O) groups is 1. The lowest BCUT2D eigenvalue weighted by Crippen LogP contribution is -2.52. The third-order valence-corrected chi connectivity index (χ3v) is 8.13. The average molecular weight is 444 g/mol. The Morgan fingerprint density at radius 1 is 0.871 bits per heavy atom. The zero-order chi connectivity index (χ0) is 21.8. The number of para-hydroxylation sites is 1. The maximum absolute atomic E-state index is 13.0. The summed E-state index contributed by atoms with van der Waals surface area (Å²) in [5.74, 6) is 0.676. The van der Waals surface area contributed by atoms with E-state index < -0.39 is 10.0 Å². The molecule has 8 heteroatoms. The van der Waals surface area contributed by atoms with Crippen LogP contribution in [-0.2, 0) is 14.8 Å². The van der Waals surface area contributed by atoms with Crippen LogP contribution in [0, 0.1) is 5.92 Å². The third-order valence-electron chi connectivity index (χ3n) is 6.21. The number of sulfonamides is 1. The van der Waals surface area contributed by atoms with Crippen LogP contribution in [0.5, 0.6) is 5.75 Å². The fourth-order valence-corrected chi connectivity index (χ4v) is 5.79. The smallest absolute Gasteiger partial charge is 0.243 e. The Hall–Kier alpha value is -2.58. The number of piperidine rings is 1. The molecular weight excluding hydrogens is 414 g/mol. The Bertz CT molecular complexity index is 979. The lowest BCUT2D eigenvalue weighted by atomic mass is 9.96. The summed E-state index contributed by atoms with van der Waals surface area (Å²) in [6, 6.07) is 16.7. The van der Waals surface area contributed by atoms with Crippen molar-refractivity contribution in [2.45, 2.75) is 17.7 Å². The van der Waals surface area contributed by atoms with Gasteiger partial charge in [0.25, 0.3) is 0 Å². The second kappa shape index (κ2) is 9.28. The molecule has 2 heterocycles. The number of ether oxygens (including phenoxy) is 1. The summed E-state index contributed by atoms with van der Waals surface area (Å²) in [7, 11) is -2.00. The van der Waals surface area contributed by atoms with Gasteiger partial charge in [-0.05, 0) is 49.2 Å². The van der Waals surface area contributed by atoms with E-state index in [1.165, 1.54) is 9.99 Å². The van der Waals surface area contributed by atoms with Crippen molar-refractivity contribution >= 4 is 21.6 Å². The Morgan fingerprint density at radius 2 is 1.48 bits per heavy atom. The molecule has 0 N–H and O–H groups in total. The molecule has 0 aliphatic carbocycles. The summed E-state index contributed by atoms with van der Waals surface area (Å²) in [5, 5.41) is 0. The fourth-order valence-electron chi connectivity index (χ4n) is 4.32. The van der Waals surface area contributed by atoms with E-state index in [9.17, 15) is 13.2 Å². The van der Waals surface area contributed by atoms with Gasteiger partial charge < -0.3 is 14.5 Å². The molecule has 0 atom stereocenters. The lowest BCUT2D eigenvalue weighted by molar-refractivity contribution is -0.137. The van der Waals surface area contributed by atoms with Crippen LogP contribution in [0.3, 0.4) is 0 Å². The van der Waals surface area contributed by atoms with Crippen molar-refractivity contribution in [1.82, 2.24) is 9.21 Å². The number of piperazine rings is 1. The predicted octanol–water partition coefficient (Wildman–Crippen LogP) is 2.44. The molecular formula is C23H29N3O4S. The molecule has 2 aliphatic heterocycles. The van der Waals surface area contributed by atoms with E-state index >= 15 is 0 Å². The normalized spacial score (nSPS) is 18.7. The quantitative estimate of drug-likeness (QED) is 0.710. The molecule has 0 aromatic heterocycles. The lowest BCUT2D eigenvalue weighted by Gasteiger charge is -2.39. The average Bonchev–Trinajstić information content (AvgIpc) is 2.84. The molecule has 0 spiro atoms. The molecule has 2 saturated heterocycles. The van der Waals surface area contributed by atoms with Gasteiger partial charge in [0.1, 0.15) is 5.75 Å². The van der Waals surface area contributed by atoms with Crippen LogP contribution < -0.4 is 9.64 Å². The molecule has 0 unspecified atom stereocenters. The van der Waals surface area contributed by atoms with E-state index in [1.807, 2.05) is 23.1 Å². The van der Waals surface area contributed by atoms with Gasteiger partial charge >= 0.3 is 0 Å². The van der Waals surface area contributed by atoms with E-state index in [1.54, 1.807) is 31.4 Å². The number of carbonyl (C=O) groups excluding carboxylic acids is 1. The van der Waals surface area contributed by atoms with Crippen molar-refractivity contribution in [3.8, 4) is 5.75 Å². The van der Waals surface area contributed by atoms with Crippen LogP contribution in [0.4, 0.5) is 5.69 Å². The van der Waals surface area contributed by atoms with Crippen molar-refractivity contribution in [2.75, 3.05) is 51.3 Å². The number of nitrogens with zero attached hydrogens (tertiary/aromatic N) is 3. The standard InChI is InChI=1S/C23H29N3O4S/c1-30-21-7-9-22(10-8-21)31(28,29)26-13-11-19(12-14-26)23(27)25-17-15-24(16-18-25)20-5-3-2-4-6-20/h2-10,19H,11-18H2,1H3. The van der Waals surface area contributed by atoms with Gasteiger partial charge in [0.15, 0.2) is 0 Å². The number of anilines is 1. The second-order valence-corrected chi connectivity index (χ2v) is 9.94. The maximum Gasteiger partial charge on any atom is 0.243 e. The van der Waals surface area contributed by atoms with Gasteiger partial charge in [0.05, 0.1) is 12.0 Å². The molecule has 2 fully saturated rings. The first kappa shape index (κ1) is 21.6. The topological polar surface area (TPSA) is 70.2 Å². The second-order valence-electron chi connectivity index (χ2n) is 8.00. The molecule has 4 rings (SSSR count). The SMILES string of the molecule is COc1ccc(S(=O)(=O)N2CCC(C(=O)N3CCN(c4ccccc4)CC3)CC2)cc1. The number of rotatable bonds is 5. The van der Waals surface area contributed by atoms with Crippen molar-refractivity contribution in [3.05, 3.63) is 54.6 Å². The Labute approximate surface area is 184 Å². The van der Waals surface area contributed by atoms with Crippen LogP contribution in [0.1, 0.15) is 12.8 Å². The number of methoxy groups -OCH3 is 1. The van der Waals surface area contributed by atoms with Crippen molar-refractivity contribution in [3.63, 3.8) is 0 Å². The summed E-state index contributed by atoms with van der Waals surface area (Å²) >= 11 is 0. The number of amides is 1. The van der Waals surface area contributed by atoms with E-state index in [4.69, 9.17) is 4.74 Å². The highest BCUT2D eigenvalue weighted by Crippen LogP contribution is 2.27. The van der Waals surface area contributed by atoms with Gasteiger partial charge in [-0.25, -0.2) is 8.42 Å². The first-order valence-electron chi connectivity index (χ1n) is 10.7. The molecule has 2 aliphatic rings. The zero-order valence-corrected chi connectivity index (χ0v) is 18.6. The zero-order valence-electron chi connectivity index (χ0n) is 17.8. The van der Waals surface area contributed by atoms with Crippen molar-refractivity contribution < 1.29 is 17.9 Å². The predicted molar refractivity (Wildman–Crippen MR) is 120 cm³/mol. The molecule has 0 bridgehead atoms. The first-order valence-corrected chi connectivity index (χ1v) is 12.2. The molecule has 31 heavy (non-hydrogen) atoms. The van der Waals surface area contributed by atoms with Gasteiger partial charge in [0, 0.05) is 50.9 Å². The Morgan fingerprint density at radius 3 is 2.06 bits per heavy atom. The summed E-state index contributed by atoms with van der Waals surface area (Å²) < 4.78 is 32.4. The Balaban J connectivity index is 1.31. The molecule has 1 amide bonds. The highest BCUT2D eigenvalue weighted by atomic mass is 32.2. The van der Waals surface area contributed by atoms with Gasteiger partial charge in [-0.15, -0.1) is 0 Å². The fraction of sp³-hybridized carbons (Fsp3) is 0.435.